The number of anilines is 1. The molecule has 114 valence electrons. The molecule has 0 radical (unpaired) electrons. The van der Waals surface area contributed by atoms with Crippen molar-refractivity contribution < 1.29 is 14.8 Å². The summed E-state index contributed by atoms with van der Waals surface area (Å²) < 4.78 is 5.63. The lowest BCUT2D eigenvalue weighted by molar-refractivity contribution is -0.384. The first-order chi connectivity index (χ1) is 10.5. The van der Waals surface area contributed by atoms with Crippen LogP contribution in [-0.4, -0.2) is 23.4 Å². The van der Waals surface area contributed by atoms with E-state index < -0.39 is 4.92 Å². The number of phenolic OH excluding ortho intramolecular Hbond substituents is 1. The Balaban J connectivity index is 2.08. The fourth-order valence-corrected chi connectivity index (χ4v) is 2.34. The third kappa shape index (κ3) is 3.73. The molecular weight excluding hydrogens is 354 g/mol. The third-order valence-electron chi connectivity index (χ3n) is 2.74. The monoisotopic (exact) mass is 365 g/mol. The number of nitro benzene ring substituents is 1. The van der Waals surface area contributed by atoms with Gasteiger partial charge in [-0.25, -0.2) is 0 Å². The molecule has 0 unspecified atom stereocenters. The van der Waals surface area contributed by atoms with Crippen molar-refractivity contribution in [1.29, 1.82) is 0 Å². The van der Waals surface area contributed by atoms with Crippen LogP contribution in [-0.2, 0) is 0 Å². The predicted octanol–water partition coefficient (Wildman–Crippen LogP) is 3.52. The molecule has 0 spiro atoms. The van der Waals surface area contributed by atoms with Gasteiger partial charge in [0.15, 0.2) is 11.5 Å². The molecule has 0 fully saturated rings. The Hall–Kier alpha value is -2.61. The van der Waals surface area contributed by atoms with Crippen molar-refractivity contribution >= 4 is 33.5 Å². The zero-order valence-corrected chi connectivity index (χ0v) is 13.1. The van der Waals surface area contributed by atoms with Crippen molar-refractivity contribution in [2.75, 3.05) is 12.5 Å². The Labute approximate surface area is 134 Å². The number of hydrogen-bond acceptors (Lipinski definition) is 6. The second-order valence-corrected chi connectivity index (χ2v) is 5.08. The molecule has 0 atom stereocenters. The van der Waals surface area contributed by atoms with Crippen LogP contribution in [0.15, 0.2) is 46.0 Å². The normalized spacial score (nSPS) is 10.6. The molecule has 0 bridgehead atoms. The Morgan fingerprint density at radius 2 is 2.05 bits per heavy atom. The highest BCUT2D eigenvalue weighted by Crippen LogP contribution is 2.34. The van der Waals surface area contributed by atoms with Crippen molar-refractivity contribution in [3.63, 3.8) is 0 Å². The number of benzene rings is 2. The lowest BCUT2D eigenvalue weighted by atomic mass is 10.2. The first-order valence-electron chi connectivity index (χ1n) is 6.11. The quantitative estimate of drug-likeness (QED) is 0.480. The van der Waals surface area contributed by atoms with Gasteiger partial charge in [-0.2, -0.15) is 5.10 Å². The number of methoxy groups -OCH3 is 1. The number of halogens is 1. The third-order valence-corrected chi connectivity index (χ3v) is 3.32. The summed E-state index contributed by atoms with van der Waals surface area (Å²) in [5.41, 5.74) is 4.02. The zero-order valence-electron chi connectivity index (χ0n) is 11.5. The van der Waals surface area contributed by atoms with E-state index in [0.717, 1.165) is 0 Å². The Morgan fingerprint density at radius 3 is 2.59 bits per heavy atom. The van der Waals surface area contributed by atoms with Gasteiger partial charge < -0.3 is 9.84 Å². The maximum atomic E-state index is 10.5. The largest absolute Gasteiger partial charge is 0.504 e. The van der Waals surface area contributed by atoms with Gasteiger partial charge in [-0.05, 0) is 45.8 Å². The molecule has 2 aromatic rings. The highest BCUT2D eigenvalue weighted by molar-refractivity contribution is 9.10. The van der Waals surface area contributed by atoms with Crippen molar-refractivity contribution in [2.45, 2.75) is 0 Å². The van der Waals surface area contributed by atoms with Crippen LogP contribution in [0.1, 0.15) is 5.56 Å². The zero-order chi connectivity index (χ0) is 16.1. The topological polar surface area (TPSA) is 97.0 Å². The summed E-state index contributed by atoms with van der Waals surface area (Å²) in [6.45, 7) is 0. The molecule has 8 heteroatoms. The highest BCUT2D eigenvalue weighted by Gasteiger charge is 2.07. The molecule has 0 amide bonds. The van der Waals surface area contributed by atoms with E-state index in [2.05, 4.69) is 26.5 Å². The molecule has 0 saturated carbocycles. The minimum absolute atomic E-state index is 0.00587. The van der Waals surface area contributed by atoms with Gasteiger partial charge in [0.05, 0.1) is 28.4 Å². The van der Waals surface area contributed by atoms with Gasteiger partial charge in [0, 0.05) is 12.1 Å². The van der Waals surface area contributed by atoms with E-state index in [-0.39, 0.29) is 11.4 Å². The van der Waals surface area contributed by atoms with Gasteiger partial charge in [0.2, 0.25) is 0 Å². The standard InChI is InChI=1S/C14H12BrN3O4/c1-22-14-12(15)6-9(7-13(14)19)8-16-17-10-2-4-11(5-3-10)18(20)21/h2-8,17,19H,1H3. The first kappa shape index (κ1) is 15.8. The van der Waals surface area contributed by atoms with Crippen LogP contribution >= 0.6 is 15.9 Å². The lowest BCUT2D eigenvalue weighted by Gasteiger charge is -2.06. The summed E-state index contributed by atoms with van der Waals surface area (Å²) in [5, 5.41) is 24.3. The molecule has 0 saturated heterocycles. The summed E-state index contributed by atoms with van der Waals surface area (Å²) in [4.78, 5) is 10.1. The second kappa shape index (κ2) is 6.90. The molecule has 0 heterocycles. The maximum Gasteiger partial charge on any atom is 0.269 e. The number of ether oxygens (including phenoxy) is 1. The molecule has 7 nitrogen and oxygen atoms in total. The van der Waals surface area contributed by atoms with E-state index in [9.17, 15) is 15.2 Å². The number of nitrogens with one attached hydrogen (secondary N) is 1. The SMILES string of the molecule is COc1c(O)cc(C=NNc2ccc([N+](=O)[O-])cc2)cc1Br. The van der Waals surface area contributed by atoms with Crippen molar-refractivity contribution in [1.82, 2.24) is 0 Å². The number of hydrogen-bond donors (Lipinski definition) is 2. The van der Waals surface area contributed by atoms with E-state index in [1.54, 1.807) is 18.2 Å². The lowest BCUT2D eigenvalue weighted by Crippen LogP contribution is -1.93. The second-order valence-electron chi connectivity index (χ2n) is 4.23. The molecule has 2 N–H and O–H groups in total. The fraction of sp³-hybridized carbons (Fsp3) is 0.0714. The minimum atomic E-state index is -0.468. The van der Waals surface area contributed by atoms with Gasteiger partial charge in [-0.1, -0.05) is 0 Å². The molecule has 0 aliphatic heterocycles. The van der Waals surface area contributed by atoms with Crippen molar-refractivity contribution in [2.24, 2.45) is 5.10 Å². The molecule has 2 aromatic carbocycles. The van der Waals surface area contributed by atoms with Crippen LogP contribution < -0.4 is 10.2 Å². The predicted molar refractivity (Wildman–Crippen MR) is 86.7 cm³/mol. The summed E-state index contributed by atoms with van der Waals surface area (Å²) >= 11 is 3.29. The van der Waals surface area contributed by atoms with Crippen molar-refractivity contribution in [3.05, 3.63) is 56.5 Å². The minimum Gasteiger partial charge on any atom is -0.504 e. The molecule has 0 aromatic heterocycles. The average molecular weight is 366 g/mol. The molecule has 0 aliphatic carbocycles. The maximum absolute atomic E-state index is 10.5. The van der Waals surface area contributed by atoms with E-state index in [1.165, 1.54) is 31.5 Å². The smallest absolute Gasteiger partial charge is 0.269 e. The van der Waals surface area contributed by atoms with E-state index in [0.29, 0.717) is 21.5 Å². The number of aromatic hydroxyl groups is 1. The van der Waals surface area contributed by atoms with Gasteiger partial charge in [0.1, 0.15) is 0 Å². The van der Waals surface area contributed by atoms with Crippen LogP contribution in [0.3, 0.4) is 0 Å². The Bertz CT molecular complexity index is 694. The number of rotatable bonds is 5. The number of nitro groups is 1. The van der Waals surface area contributed by atoms with Crippen LogP contribution in [0.5, 0.6) is 11.5 Å². The highest BCUT2D eigenvalue weighted by atomic mass is 79.9. The summed E-state index contributed by atoms with van der Waals surface area (Å²) in [5.74, 6) is 0.342. The number of nitrogens with zero attached hydrogens (tertiary/aromatic N) is 2. The summed E-state index contributed by atoms with van der Waals surface area (Å²) in [6.07, 6.45) is 1.51. The van der Waals surface area contributed by atoms with Gasteiger partial charge in [0.25, 0.3) is 5.69 Å². The number of phenols is 1. The fourth-order valence-electron chi connectivity index (χ4n) is 1.71. The number of hydrazone groups is 1. The van der Waals surface area contributed by atoms with E-state index in [4.69, 9.17) is 4.74 Å². The van der Waals surface area contributed by atoms with Crippen LogP contribution in [0.25, 0.3) is 0 Å². The van der Waals surface area contributed by atoms with Crippen LogP contribution in [0.4, 0.5) is 11.4 Å². The Morgan fingerprint density at radius 1 is 1.36 bits per heavy atom. The van der Waals surface area contributed by atoms with E-state index >= 15 is 0 Å². The van der Waals surface area contributed by atoms with Gasteiger partial charge in [-0.15, -0.1) is 0 Å². The first-order valence-corrected chi connectivity index (χ1v) is 6.90. The van der Waals surface area contributed by atoms with Crippen LogP contribution in [0, 0.1) is 10.1 Å². The Kier molecular flexibility index (Phi) is 4.95. The van der Waals surface area contributed by atoms with E-state index in [1.807, 2.05) is 0 Å². The summed E-state index contributed by atoms with van der Waals surface area (Å²) in [6, 6.07) is 9.11. The average Bonchev–Trinajstić information content (AvgIpc) is 2.47. The number of non-ortho nitro benzene ring substituents is 1. The van der Waals surface area contributed by atoms with Gasteiger partial charge in [-0.3, -0.25) is 15.5 Å². The van der Waals surface area contributed by atoms with Crippen LogP contribution in [0.2, 0.25) is 0 Å². The molecule has 22 heavy (non-hydrogen) atoms. The van der Waals surface area contributed by atoms with Crippen molar-refractivity contribution in [3.8, 4) is 11.5 Å². The van der Waals surface area contributed by atoms with Gasteiger partial charge >= 0.3 is 0 Å². The molecule has 2 rings (SSSR count). The molecular formula is C14H12BrN3O4. The molecule has 0 aliphatic rings. The summed E-state index contributed by atoms with van der Waals surface area (Å²) in [7, 11) is 1.46.